The number of aryl methyl sites for hydroxylation is 1. The zero-order valence-electron chi connectivity index (χ0n) is 10.8. The molecule has 0 aliphatic rings. The van der Waals surface area contributed by atoms with Crippen molar-refractivity contribution < 1.29 is 14.3 Å². The van der Waals surface area contributed by atoms with Crippen molar-refractivity contribution >= 4 is 18.0 Å². The van der Waals surface area contributed by atoms with Crippen molar-refractivity contribution in [3.63, 3.8) is 0 Å². The van der Waals surface area contributed by atoms with Crippen LogP contribution in [0.3, 0.4) is 0 Å². The molecule has 0 fully saturated rings. The largest absolute Gasteiger partial charge is 0.465 e. The average molecular weight is 247 g/mol. The summed E-state index contributed by atoms with van der Waals surface area (Å²) in [4.78, 5) is 22.2. The Morgan fingerprint density at radius 1 is 1.39 bits per heavy atom. The number of nitrogens with one attached hydrogen (secondary N) is 1. The van der Waals surface area contributed by atoms with Gasteiger partial charge in [0.25, 0.3) is 0 Å². The second kappa shape index (κ2) is 6.59. The SMILES string of the molecule is COC(=O)c1cc(C=CCNC(C)=O)ccc1C. The molecule has 0 spiro atoms. The van der Waals surface area contributed by atoms with Gasteiger partial charge >= 0.3 is 5.97 Å². The predicted octanol–water partition coefficient (Wildman–Crippen LogP) is 1.93. The molecule has 1 aromatic carbocycles. The molecule has 1 aromatic rings. The maximum Gasteiger partial charge on any atom is 0.338 e. The monoisotopic (exact) mass is 247 g/mol. The summed E-state index contributed by atoms with van der Waals surface area (Å²) in [5, 5.41) is 2.66. The van der Waals surface area contributed by atoms with Gasteiger partial charge in [-0.05, 0) is 24.1 Å². The van der Waals surface area contributed by atoms with Gasteiger partial charge in [0.15, 0.2) is 0 Å². The molecule has 0 radical (unpaired) electrons. The van der Waals surface area contributed by atoms with E-state index in [-0.39, 0.29) is 11.9 Å². The number of hydrogen-bond donors (Lipinski definition) is 1. The van der Waals surface area contributed by atoms with Crippen LogP contribution in [0.25, 0.3) is 6.08 Å². The van der Waals surface area contributed by atoms with Crippen molar-refractivity contribution in [2.24, 2.45) is 0 Å². The summed E-state index contributed by atoms with van der Waals surface area (Å²) in [7, 11) is 1.36. The first-order valence-corrected chi connectivity index (χ1v) is 5.64. The van der Waals surface area contributed by atoms with Crippen LogP contribution in [-0.2, 0) is 9.53 Å². The minimum Gasteiger partial charge on any atom is -0.465 e. The molecule has 0 bridgehead atoms. The van der Waals surface area contributed by atoms with Crippen LogP contribution in [0.4, 0.5) is 0 Å². The lowest BCUT2D eigenvalue weighted by Crippen LogP contribution is -2.19. The van der Waals surface area contributed by atoms with Gasteiger partial charge in [-0.15, -0.1) is 0 Å². The van der Waals surface area contributed by atoms with E-state index >= 15 is 0 Å². The number of esters is 1. The highest BCUT2D eigenvalue weighted by atomic mass is 16.5. The second-order valence-corrected chi connectivity index (χ2v) is 3.91. The van der Waals surface area contributed by atoms with Crippen LogP contribution >= 0.6 is 0 Å². The fraction of sp³-hybridized carbons (Fsp3) is 0.286. The van der Waals surface area contributed by atoms with Gasteiger partial charge in [0, 0.05) is 13.5 Å². The third kappa shape index (κ3) is 4.05. The van der Waals surface area contributed by atoms with Crippen molar-refractivity contribution in [2.75, 3.05) is 13.7 Å². The van der Waals surface area contributed by atoms with Gasteiger partial charge in [-0.2, -0.15) is 0 Å². The zero-order chi connectivity index (χ0) is 13.5. The van der Waals surface area contributed by atoms with Crippen molar-refractivity contribution in [3.05, 3.63) is 41.0 Å². The molecule has 0 aliphatic heterocycles. The van der Waals surface area contributed by atoms with Crippen LogP contribution in [0.15, 0.2) is 24.3 Å². The van der Waals surface area contributed by atoms with Crippen LogP contribution in [-0.4, -0.2) is 25.5 Å². The molecule has 1 amide bonds. The molecular formula is C14H17NO3. The summed E-state index contributed by atoms with van der Waals surface area (Å²) in [5.74, 6) is -0.414. The number of rotatable bonds is 4. The van der Waals surface area contributed by atoms with E-state index < -0.39 is 0 Å². The maximum absolute atomic E-state index is 11.5. The van der Waals surface area contributed by atoms with Crippen LogP contribution in [0.1, 0.15) is 28.4 Å². The fourth-order valence-corrected chi connectivity index (χ4v) is 1.47. The van der Waals surface area contributed by atoms with Crippen molar-refractivity contribution in [1.29, 1.82) is 0 Å². The number of carbonyl (C=O) groups is 2. The topological polar surface area (TPSA) is 55.4 Å². The van der Waals surface area contributed by atoms with E-state index in [9.17, 15) is 9.59 Å². The summed E-state index contributed by atoms with van der Waals surface area (Å²) in [6.07, 6.45) is 3.68. The standard InChI is InChI=1S/C14H17NO3/c1-10-6-7-12(5-4-8-15-11(2)16)9-13(10)14(17)18-3/h4-7,9H,8H2,1-3H3,(H,15,16). The third-order valence-corrected chi connectivity index (χ3v) is 2.45. The first-order valence-electron chi connectivity index (χ1n) is 5.64. The lowest BCUT2D eigenvalue weighted by atomic mass is 10.0. The summed E-state index contributed by atoms with van der Waals surface area (Å²) in [6, 6.07) is 5.54. The Bertz CT molecular complexity index is 478. The Kier molecular flexibility index (Phi) is 5.11. The summed E-state index contributed by atoms with van der Waals surface area (Å²) in [6.45, 7) is 3.79. The Labute approximate surface area is 107 Å². The quantitative estimate of drug-likeness (QED) is 0.827. The van der Waals surface area contributed by atoms with Gasteiger partial charge in [0.1, 0.15) is 0 Å². The molecular weight excluding hydrogens is 230 g/mol. The van der Waals surface area contributed by atoms with E-state index in [2.05, 4.69) is 5.32 Å². The van der Waals surface area contributed by atoms with Gasteiger partial charge in [0.2, 0.25) is 5.91 Å². The highest BCUT2D eigenvalue weighted by molar-refractivity contribution is 5.91. The Hall–Kier alpha value is -2.10. The number of ether oxygens (including phenoxy) is 1. The Balaban J connectivity index is 2.79. The van der Waals surface area contributed by atoms with Crippen LogP contribution in [0.2, 0.25) is 0 Å². The first-order chi connectivity index (χ1) is 8.54. The number of carbonyl (C=O) groups excluding carboxylic acids is 2. The van der Waals surface area contributed by atoms with E-state index in [0.29, 0.717) is 12.1 Å². The van der Waals surface area contributed by atoms with E-state index in [0.717, 1.165) is 11.1 Å². The number of amides is 1. The van der Waals surface area contributed by atoms with Gasteiger partial charge in [-0.1, -0.05) is 24.3 Å². The predicted molar refractivity (Wildman–Crippen MR) is 70.2 cm³/mol. The minimum absolute atomic E-state index is 0.0706. The molecule has 1 rings (SSSR count). The van der Waals surface area contributed by atoms with Crippen molar-refractivity contribution in [2.45, 2.75) is 13.8 Å². The summed E-state index contributed by atoms with van der Waals surface area (Å²) >= 11 is 0. The average Bonchev–Trinajstić information content (AvgIpc) is 2.35. The first kappa shape index (κ1) is 14.0. The second-order valence-electron chi connectivity index (χ2n) is 3.91. The van der Waals surface area contributed by atoms with E-state index in [4.69, 9.17) is 4.74 Å². The highest BCUT2D eigenvalue weighted by Crippen LogP contribution is 2.13. The molecule has 1 N–H and O–H groups in total. The molecule has 18 heavy (non-hydrogen) atoms. The molecule has 0 aromatic heterocycles. The normalized spacial score (nSPS) is 10.4. The molecule has 0 unspecified atom stereocenters. The lowest BCUT2D eigenvalue weighted by molar-refractivity contribution is -0.118. The van der Waals surface area contributed by atoms with Gasteiger partial charge in [-0.3, -0.25) is 4.79 Å². The van der Waals surface area contributed by atoms with Crippen LogP contribution in [0, 0.1) is 6.92 Å². The molecule has 4 heteroatoms. The van der Waals surface area contributed by atoms with E-state index in [1.165, 1.54) is 14.0 Å². The fourth-order valence-electron chi connectivity index (χ4n) is 1.47. The van der Waals surface area contributed by atoms with Gasteiger partial charge in [0.05, 0.1) is 12.7 Å². The van der Waals surface area contributed by atoms with Crippen LogP contribution < -0.4 is 5.32 Å². The van der Waals surface area contributed by atoms with Gasteiger partial charge in [-0.25, -0.2) is 4.79 Å². The Morgan fingerprint density at radius 3 is 2.72 bits per heavy atom. The molecule has 0 saturated heterocycles. The number of methoxy groups -OCH3 is 1. The molecule has 0 atom stereocenters. The molecule has 4 nitrogen and oxygen atoms in total. The summed E-state index contributed by atoms with van der Waals surface area (Å²) in [5.41, 5.74) is 2.33. The molecule has 0 heterocycles. The smallest absolute Gasteiger partial charge is 0.338 e. The van der Waals surface area contributed by atoms with Crippen LogP contribution in [0.5, 0.6) is 0 Å². The maximum atomic E-state index is 11.5. The number of benzene rings is 1. The molecule has 96 valence electrons. The summed E-state index contributed by atoms with van der Waals surface area (Å²) < 4.78 is 4.71. The highest BCUT2D eigenvalue weighted by Gasteiger charge is 2.08. The van der Waals surface area contributed by atoms with Crippen molar-refractivity contribution in [3.8, 4) is 0 Å². The minimum atomic E-state index is -0.343. The lowest BCUT2D eigenvalue weighted by Gasteiger charge is -2.04. The van der Waals surface area contributed by atoms with E-state index in [1.807, 2.05) is 31.2 Å². The Morgan fingerprint density at radius 2 is 2.11 bits per heavy atom. The molecule has 0 aliphatic carbocycles. The molecule has 0 saturated carbocycles. The van der Waals surface area contributed by atoms with E-state index in [1.54, 1.807) is 6.07 Å². The number of hydrogen-bond acceptors (Lipinski definition) is 3. The third-order valence-electron chi connectivity index (χ3n) is 2.45. The zero-order valence-corrected chi connectivity index (χ0v) is 10.8. The van der Waals surface area contributed by atoms with Gasteiger partial charge < -0.3 is 10.1 Å². The van der Waals surface area contributed by atoms with Crippen molar-refractivity contribution in [1.82, 2.24) is 5.32 Å².